The van der Waals surface area contributed by atoms with Crippen LogP contribution in [0.15, 0.2) is 53.3 Å². The topological polar surface area (TPSA) is 102 Å². The number of hydrogen-bond acceptors (Lipinski definition) is 4. The molecule has 2 aromatic carbocycles. The van der Waals surface area contributed by atoms with Crippen molar-refractivity contribution in [2.45, 2.75) is 26.3 Å². The minimum absolute atomic E-state index is 0.201. The number of urea groups is 1. The van der Waals surface area contributed by atoms with Crippen LogP contribution in [-0.2, 0) is 19.4 Å². The van der Waals surface area contributed by atoms with Gasteiger partial charge in [-0.15, -0.1) is 0 Å². The number of hydrogen-bond donors (Lipinski definition) is 2. The van der Waals surface area contributed by atoms with Crippen LogP contribution in [0.25, 0.3) is 0 Å². The summed E-state index contributed by atoms with van der Waals surface area (Å²) in [5.41, 5.74) is 4.34. The predicted molar refractivity (Wildman–Crippen MR) is 113 cm³/mol. The molecule has 0 atom stereocenters. The number of nitriles is 1. The van der Waals surface area contributed by atoms with Crippen LogP contribution in [-0.4, -0.2) is 27.4 Å². The maximum absolute atomic E-state index is 12.7. The number of fused-ring (bicyclic) bond motifs is 1. The molecule has 1 aliphatic rings. The molecule has 4 rings (SSSR count). The van der Waals surface area contributed by atoms with Gasteiger partial charge >= 0.3 is 6.03 Å². The average molecular weight is 399 g/mol. The fourth-order valence-corrected chi connectivity index (χ4v) is 3.62. The Kier molecular flexibility index (Phi) is 5.31. The number of nitrogens with zero attached hydrogens (tertiary/aromatic N) is 3. The Bertz CT molecular complexity index is 1210. The van der Waals surface area contributed by atoms with E-state index in [4.69, 9.17) is 5.26 Å². The number of aryl methyl sites for hydroxylation is 1. The highest BCUT2D eigenvalue weighted by atomic mass is 16.2. The van der Waals surface area contributed by atoms with Crippen molar-refractivity contribution >= 4 is 11.7 Å². The smallest absolute Gasteiger partial charge is 0.320 e. The molecule has 2 heterocycles. The number of aromatic amines is 1. The van der Waals surface area contributed by atoms with Gasteiger partial charge in [-0.05, 0) is 30.7 Å². The molecule has 150 valence electrons. The highest BCUT2D eigenvalue weighted by Gasteiger charge is 2.24. The summed E-state index contributed by atoms with van der Waals surface area (Å²) in [7, 11) is 0. The number of carbonyl (C=O) groups is 1. The van der Waals surface area contributed by atoms with Crippen LogP contribution in [0.1, 0.15) is 33.8 Å². The van der Waals surface area contributed by atoms with Gasteiger partial charge in [0.05, 0.1) is 29.4 Å². The van der Waals surface area contributed by atoms with Gasteiger partial charge in [0.25, 0.3) is 5.56 Å². The van der Waals surface area contributed by atoms with Crippen LogP contribution in [0.5, 0.6) is 0 Å². The molecule has 0 bridgehead atoms. The fraction of sp³-hybridized carbons (Fsp3) is 0.217. The Morgan fingerprint density at radius 2 is 2.10 bits per heavy atom. The van der Waals surface area contributed by atoms with Gasteiger partial charge in [0.2, 0.25) is 0 Å². The molecule has 7 nitrogen and oxygen atoms in total. The third kappa shape index (κ3) is 4.23. The summed E-state index contributed by atoms with van der Waals surface area (Å²) in [6, 6.07) is 16.6. The minimum Gasteiger partial charge on any atom is -0.320 e. The van der Waals surface area contributed by atoms with Crippen LogP contribution in [0, 0.1) is 18.3 Å². The molecule has 0 aliphatic carbocycles. The third-order valence-electron chi connectivity index (χ3n) is 5.10. The van der Waals surface area contributed by atoms with Gasteiger partial charge in [0.1, 0.15) is 5.82 Å². The Hall–Kier alpha value is -3.92. The number of carbonyl (C=O) groups excluding carboxylic acids is 1. The van der Waals surface area contributed by atoms with Crippen molar-refractivity contribution in [3.05, 3.63) is 92.7 Å². The first kappa shape index (κ1) is 19.4. The number of amides is 2. The maximum Gasteiger partial charge on any atom is 0.322 e. The van der Waals surface area contributed by atoms with Crippen molar-refractivity contribution in [1.82, 2.24) is 14.9 Å². The molecule has 30 heavy (non-hydrogen) atoms. The zero-order valence-electron chi connectivity index (χ0n) is 16.6. The lowest BCUT2D eigenvalue weighted by molar-refractivity contribution is 0.205. The SMILES string of the molecule is Cc1cccc(Cc2nc3c(c(=O)[nH]2)CN(C(=O)Nc2cccc(C#N)c2)CC3)c1. The fourth-order valence-electron chi connectivity index (χ4n) is 3.62. The molecule has 2 amide bonds. The van der Waals surface area contributed by atoms with Crippen molar-refractivity contribution in [3.8, 4) is 6.07 Å². The molecule has 0 saturated carbocycles. The largest absolute Gasteiger partial charge is 0.322 e. The Morgan fingerprint density at radius 3 is 2.90 bits per heavy atom. The minimum atomic E-state index is -0.307. The van der Waals surface area contributed by atoms with Crippen molar-refractivity contribution in [2.75, 3.05) is 11.9 Å². The molecule has 0 fully saturated rings. The molecule has 3 aromatic rings. The normalized spacial score (nSPS) is 12.7. The van der Waals surface area contributed by atoms with Gasteiger partial charge in [-0.3, -0.25) is 4.79 Å². The summed E-state index contributed by atoms with van der Waals surface area (Å²) in [6.45, 7) is 2.70. The van der Waals surface area contributed by atoms with Crippen LogP contribution < -0.4 is 10.9 Å². The number of H-pyrrole nitrogens is 1. The van der Waals surface area contributed by atoms with Gasteiger partial charge in [0.15, 0.2) is 0 Å². The van der Waals surface area contributed by atoms with Gasteiger partial charge < -0.3 is 15.2 Å². The van der Waals surface area contributed by atoms with Crippen molar-refractivity contribution < 1.29 is 4.79 Å². The van der Waals surface area contributed by atoms with E-state index in [9.17, 15) is 9.59 Å². The second-order valence-electron chi connectivity index (χ2n) is 7.40. The first-order chi connectivity index (χ1) is 14.5. The Balaban J connectivity index is 1.49. The molecule has 0 radical (unpaired) electrons. The van der Waals surface area contributed by atoms with Gasteiger partial charge in [-0.25, -0.2) is 9.78 Å². The number of nitrogens with one attached hydrogen (secondary N) is 2. The van der Waals surface area contributed by atoms with E-state index in [-0.39, 0.29) is 18.1 Å². The molecular formula is C23H21N5O2. The first-order valence-electron chi connectivity index (χ1n) is 9.74. The molecule has 1 aliphatic heterocycles. The monoisotopic (exact) mass is 399 g/mol. The van der Waals surface area contributed by atoms with Gasteiger partial charge in [0, 0.05) is 25.1 Å². The summed E-state index contributed by atoms with van der Waals surface area (Å²) in [6.07, 6.45) is 1.08. The van der Waals surface area contributed by atoms with Crippen LogP contribution in [0.3, 0.4) is 0 Å². The number of aromatic nitrogens is 2. The van der Waals surface area contributed by atoms with Crippen LogP contribution in [0.4, 0.5) is 10.5 Å². The maximum atomic E-state index is 12.7. The quantitative estimate of drug-likeness (QED) is 0.706. The van der Waals surface area contributed by atoms with E-state index in [2.05, 4.69) is 21.4 Å². The number of rotatable bonds is 3. The average Bonchev–Trinajstić information content (AvgIpc) is 2.73. The second kappa shape index (κ2) is 8.21. The summed E-state index contributed by atoms with van der Waals surface area (Å²) >= 11 is 0. The Morgan fingerprint density at radius 1 is 1.27 bits per heavy atom. The lowest BCUT2D eigenvalue weighted by atomic mass is 10.1. The van der Waals surface area contributed by atoms with E-state index < -0.39 is 0 Å². The van der Waals surface area contributed by atoms with E-state index in [1.165, 1.54) is 0 Å². The standard InChI is InChI=1S/C23H21N5O2/c1-15-4-2-5-16(10-15)12-21-26-20-8-9-28(14-19(20)22(29)27-21)23(30)25-18-7-3-6-17(11-18)13-24/h2-7,10-11H,8-9,12,14H2,1H3,(H,25,30)(H,26,27,29). The Labute approximate surface area is 174 Å². The van der Waals surface area contributed by atoms with E-state index in [0.717, 1.165) is 16.8 Å². The lowest BCUT2D eigenvalue weighted by Gasteiger charge is -2.28. The molecule has 0 unspecified atom stereocenters. The summed E-state index contributed by atoms with van der Waals surface area (Å²) in [4.78, 5) is 34.4. The summed E-state index contributed by atoms with van der Waals surface area (Å²) in [5, 5.41) is 11.8. The zero-order chi connectivity index (χ0) is 21.1. The predicted octanol–water partition coefficient (Wildman–Crippen LogP) is 3.13. The molecule has 0 saturated heterocycles. The summed E-state index contributed by atoms with van der Waals surface area (Å²) < 4.78 is 0. The summed E-state index contributed by atoms with van der Waals surface area (Å²) in [5.74, 6) is 0.635. The van der Waals surface area contributed by atoms with E-state index in [0.29, 0.717) is 42.0 Å². The zero-order valence-corrected chi connectivity index (χ0v) is 16.6. The van der Waals surface area contributed by atoms with Gasteiger partial charge in [-0.1, -0.05) is 35.9 Å². The molecular weight excluding hydrogens is 378 g/mol. The number of benzene rings is 2. The third-order valence-corrected chi connectivity index (χ3v) is 5.10. The molecule has 2 N–H and O–H groups in total. The number of anilines is 1. The lowest BCUT2D eigenvalue weighted by Crippen LogP contribution is -2.42. The van der Waals surface area contributed by atoms with Crippen LogP contribution >= 0.6 is 0 Å². The van der Waals surface area contributed by atoms with Crippen LogP contribution in [0.2, 0.25) is 0 Å². The first-order valence-corrected chi connectivity index (χ1v) is 9.74. The van der Waals surface area contributed by atoms with E-state index in [1.54, 1.807) is 29.2 Å². The van der Waals surface area contributed by atoms with E-state index in [1.807, 2.05) is 31.2 Å². The van der Waals surface area contributed by atoms with E-state index >= 15 is 0 Å². The second-order valence-corrected chi connectivity index (χ2v) is 7.40. The molecule has 0 spiro atoms. The highest BCUT2D eigenvalue weighted by Crippen LogP contribution is 2.17. The highest BCUT2D eigenvalue weighted by molar-refractivity contribution is 5.89. The van der Waals surface area contributed by atoms with Crippen molar-refractivity contribution in [3.63, 3.8) is 0 Å². The van der Waals surface area contributed by atoms with Crippen molar-refractivity contribution in [2.24, 2.45) is 0 Å². The molecule has 1 aromatic heterocycles. The van der Waals surface area contributed by atoms with Crippen molar-refractivity contribution in [1.29, 1.82) is 5.26 Å². The molecule has 7 heteroatoms. The van der Waals surface area contributed by atoms with Gasteiger partial charge in [-0.2, -0.15) is 5.26 Å².